The van der Waals surface area contributed by atoms with E-state index in [1.54, 1.807) is 11.1 Å². The normalized spacial score (nSPS) is 16.9. The van der Waals surface area contributed by atoms with Gasteiger partial charge in [-0.1, -0.05) is 35.9 Å². The number of aryl methyl sites for hydroxylation is 1. The van der Waals surface area contributed by atoms with Gasteiger partial charge in [-0.2, -0.15) is 5.10 Å². The van der Waals surface area contributed by atoms with Crippen molar-refractivity contribution < 1.29 is 9.53 Å². The van der Waals surface area contributed by atoms with Gasteiger partial charge in [-0.05, 0) is 30.7 Å². The zero-order chi connectivity index (χ0) is 19.5. The fourth-order valence-corrected chi connectivity index (χ4v) is 3.56. The third-order valence-corrected chi connectivity index (χ3v) is 5.27. The lowest BCUT2D eigenvalue weighted by Gasteiger charge is -2.32. The van der Waals surface area contributed by atoms with E-state index in [0.717, 1.165) is 27.7 Å². The summed E-state index contributed by atoms with van der Waals surface area (Å²) >= 11 is 6.27. The predicted octanol–water partition coefficient (Wildman–Crippen LogP) is 3.57. The van der Waals surface area contributed by atoms with E-state index in [1.807, 2.05) is 49.4 Å². The Bertz CT molecular complexity index is 988. The van der Waals surface area contributed by atoms with Crippen LogP contribution in [-0.4, -0.2) is 45.7 Å². The lowest BCUT2D eigenvalue weighted by Crippen LogP contribution is -2.42. The first kappa shape index (κ1) is 18.7. The van der Waals surface area contributed by atoms with E-state index < -0.39 is 0 Å². The molecule has 144 valence electrons. The van der Waals surface area contributed by atoms with Crippen LogP contribution in [0.1, 0.15) is 39.1 Å². The highest BCUT2D eigenvalue weighted by Gasteiger charge is 2.28. The molecule has 7 heteroatoms. The molecule has 1 saturated heterocycles. The molecule has 1 aliphatic rings. The molecule has 1 aromatic carbocycles. The minimum Gasteiger partial charge on any atom is -0.368 e. The summed E-state index contributed by atoms with van der Waals surface area (Å²) in [6.45, 7) is 3.34. The zero-order valence-electron chi connectivity index (χ0n) is 15.6. The van der Waals surface area contributed by atoms with Gasteiger partial charge in [-0.15, -0.1) is 0 Å². The van der Waals surface area contributed by atoms with Crippen LogP contribution in [0.5, 0.6) is 0 Å². The van der Waals surface area contributed by atoms with E-state index in [1.165, 1.54) is 0 Å². The van der Waals surface area contributed by atoms with E-state index in [2.05, 4.69) is 10.2 Å². The van der Waals surface area contributed by atoms with Gasteiger partial charge in [0.2, 0.25) is 0 Å². The van der Waals surface area contributed by atoms with Gasteiger partial charge in [0.15, 0.2) is 0 Å². The number of rotatable bonds is 4. The lowest BCUT2D eigenvalue weighted by atomic mass is 10.1. The summed E-state index contributed by atoms with van der Waals surface area (Å²) in [5.74, 6) is -0.0354. The van der Waals surface area contributed by atoms with Crippen molar-refractivity contribution >= 4 is 17.5 Å². The monoisotopic (exact) mass is 396 g/mol. The number of carbonyl (C=O) groups excluding carboxylic acids is 1. The molecule has 0 bridgehead atoms. The van der Waals surface area contributed by atoms with Crippen molar-refractivity contribution in [3.63, 3.8) is 0 Å². The molecular weight excluding hydrogens is 376 g/mol. The fraction of sp³-hybridized carbons (Fsp3) is 0.286. The number of pyridine rings is 1. The standard InChI is InChI=1S/C21H21ClN4O2/c1-14-17(12-23-25-14)21(27)26-9-10-28-20(13-26)19-8-4-6-16(24-19)11-15-5-2-3-7-18(15)22/h2-8,12,20H,9-11,13H2,1H3,(H,23,25)/t20-/m1/s1. The molecule has 0 aliphatic carbocycles. The van der Waals surface area contributed by atoms with Crippen LogP contribution < -0.4 is 0 Å². The summed E-state index contributed by atoms with van der Waals surface area (Å²) in [6, 6.07) is 13.7. The SMILES string of the molecule is Cc1[nH]ncc1C(=O)N1CCO[C@@H](c2cccc(Cc3ccccc3Cl)n2)C1. The molecule has 1 amide bonds. The number of benzene rings is 1. The number of carbonyl (C=O) groups is 1. The molecule has 3 aromatic rings. The van der Waals surface area contributed by atoms with E-state index in [9.17, 15) is 4.79 Å². The summed E-state index contributed by atoms with van der Waals surface area (Å²) in [5, 5.41) is 7.49. The third kappa shape index (κ3) is 3.93. The number of ether oxygens (including phenoxy) is 1. The van der Waals surface area contributed by atoms with Crippen LogP contribution in [-0.2, 0) is 11.2 Å². The van der Waals surface area contributed by atoms with Crippen LogP contribution in [0.15, 0.2) is 48.7 Å². The smallest absolute Gasteiger partial charge is 0.257 e. The number of morpholine rings is 1. The van der Waals surface area contributed by atoms with Gasteiger partial charge < -0.3 is 9.64 Å². The van der Waals surface area contributed by atoms with Gasteiger partial charge in [-0.3, -0.25) is 14.9 Å². The maximum Gasteiger partial charge on any atom is 0.257 e. The fourth-order valence-electron chi connectivity index (χ4n) is 3.36. The van der Waals surface area contributed by atoms with Gasteiger partial charge in [0, 0.05) is 29.4 Å². The van der Waals surface area contributed by atoms with E-state index >= 15 is 0 Å². The Balaban J connectivity index is 1.50. The Kier molecular flexibility index (Phi) is 5.41. The second-order valence-electron chi connectivity index (χ2n) is 6.84. The number of H-pyrrole nitrogens is 1. The van der Waals surface area contributed by atoms with Crippen molar-refractivity contribution in [1.82, 2.24) is 20.1 Å². The molecule has 1 fully saturated rings. The number of hydrogen-bond acceptors (Lipinski definition) is 4. The molecule has 6 nitrogen and oxygen atoms in total. The average molecular weight is 397 g/mol. The topological polar surface area (TPSA) is 71.1 Å². The van der Waals surface area contributed by atoms with Crippen LogP contribution >= 0.6 is 11.6 Å². The summed E-state index contributed by atoms with van der Waals surface area (Å²) in [7, 11) is 0. The molecule has 1 aliphatic heterocycles. The number of halogens is 1. The van der Waals surface area contributed by atoms with Crippen LogP contribution in [0.25, 0.3) is 0 Å². The molecule has 0 saturated carbocycles. The summed E-state index contributed by atoms with van der Waals surface area (Å²) in [4.78, 5) is 19.3. The number of aromatic nitrogens is 3. The van der Waals surface area contributed by atoms with Crippen molar-refractivity contribution in [2.24, 2.45) is 0 Å². The summed E-state index contributed by atoms with van der Waals surface area (Å²) in [5.41, 5.74) is 4.15. The van der Waals surface area contributed by atoms with Crippen LogP contribution in [0, 0.1) is 6.92 Å². The molecule has 3 heterocycles. The number of nitrogens with zero attached hydrogens (tertiary/aromatic N) is 3. The zero-order valence-corrected chi connectivity index (χ0v) is 16.3. The van der Waals surface area contributed by atoms with Gasteiger partial charge >= 0.3 is 0 Å². The van der Waals surface area contributed by atoms with Gasteiger partial charge in [0.25, 0.3) is 5.91 Å². The summed E-state index contributed by atoms with van der Waals surface area (Å²) < 4.78 is 5.92. The van der Waals surface area contributed by atoms with Crippen molar-refractivity contribution in [1.29, 1.82) is 0 Å². The first-order valence-corrected chi connectivity index (χ1v) is 9.59. The molecular formula is C21H21ClN4O2. The Morgan fingerprint density at radius 3 is 2.93 bits per heavy atom. The van der Waals surface area contributed by atoms with Crippen molar-refractivity contribution in [2.75, 3.05) is 19.7 Å². The Labute approximate surface area is 168 Å². The van der Waals surface area contributed by atoms with Gasteiger partial charge in [0.1, 0.15) is 6.10 Å². The maximum absolute atomic E-state index is 12.8. The molecule has 2 aromatic heterocycles. The summed E-state index contributed by atoms with van der Waals surface area (Å²) in [6.07, 6.45) is 1.97. The van der Waals surface area contributed by atoms with Crippen LogP contribution in [0.3, 0.4) is 0 Å². The molecule has 0 spiro atoms. The van der Waals surface area contributed by atoms with Crippen molar-refractivity contribution in [3.8, 4) is 0 Å². The highest BCUT2D eigenvalue weighted by atomic mass is 35.5. The average Bonchev–Trinajstić information content (AvgIpc) is 3.15. The van der Waals surface area contributed by atoms with E-state index in [4.69, 9.17) is 21.3 Å². The third-order valence-electron chi connectivity index (χ3n) is 4.90. The first-order valence-electron chi connectivity index (χ1n) is 9.22. The maximum atomic E-state index is 12.8. The molecule has 0 radical (unpaired) electrons. The molecule has 1 atom stereocenters. The minimum atomic E-state index is -0.254. The number of nitrogens with one attached hydrogen (secondary N) is 1. The highest BCUT2D eigenvalue weighted by Crippen LogP contribution is 2.24. The quantitative estimate of drug-likeness (QED) is 0.731. The molecule has 0 unspecified atom stereocenters. The minimum absolute atomic E-state index is 0.0354. The molecule has 1 N–H and O–H groups in total. The Hall–Kier alpha value is -2.70. The second-order valence-corrected chi connectivity index (χ2v) is 7.25. The van der Waals surface area contributed by atoms with E-state index in [-0.39, 0.29) is 12.0 Å². The van der Waals surface area contributed by atoms with Gasteiger partial charge in [-0.25, -0.2) is 0 Å². The molecule has 28 heavy (non-hydrogen) atoms. The Morgan fingerprint density at radius 1 is 1.29 bits per heavy atom. The highest BCUT2D eigenvalue weighted by molar-refractivity contribution is 6.31. The largest absolute Gasteiger partial charge is 0.368 e. The number of amides is 1. The lowest BCUT2D eigenvalue weighted by molar-refractivity contribution is -0.0248. The second kappa shape index (κ2) is 8.12. The first-order chi connectivity index (χ1) is 13.6. The van der Waals surface area contributed by atoms with Crippen LogP contribution in [0.4, 0.5) is 0 Å². The van der Waals surface area contributed by atoms with Crippen molar-refractivity contribution in [2.45, 2.75) is 19.4 Å². The van der Waals surface area contributed by atoms with E-state index in [0.29, 0.717) is 31.7 Å². The predicted molar refractivity (Wildman–Crippen MR) is 106 cm³/mol. The van der Waals surface area contributed by atoms with Crippen molar-refractivity contribution in [3.05, 3.63) is 81.9 Å². The number of aromatic amines is 1. The molecule has 4 rings (SSSR count). The Morgan fingerprint density at radius 2 is 2.14 bits per heavy atom. The number of hydrogen-bond donors (Lipinski definition) is 1. The van der Waals surface area contributed by atoms with Gasteiger partial charge in [0.05, 0.1) is 30.6 Å². The van der Waals surface area contributed by atoms with Crippen LogP contribution in [0.2, 0.25) is 5.02 Å².